The number of hydrogen-bond acceptors (Lipinski definition) is 7. The molecule has 3 aromatic heterocycles. The molecule has 0 aromatic carbocycles. The van der Waals surface area contributed by atoms with E-state index in [0.717, 1.165) is 0 Å². The Hall–Kier alpha value is -2.49. The van der Waals surface area contributed by atoms with Crippen LogP contribution in [0, 0.1) is 17.0 Å². The van der Waals surface area contributed by atoms with Crippen molar-refractivity contribution in [3.8, 4) is 0 Å². The predicted octanol–water partition coefficient (Wildman–Crippen LogP) is 1.44. The fourth-order valence-corrected chi connectivity index (χ4v) is 2.24. The molecule has 0 unspecified atom stereocenters. The number of hydrogen-bond donors (Lipinski definition) is 2. The second kappa shape index (κ2) is 4.31. The van der Waals surface area contributed by atoms with Gasteiger partial charge < -0.3 is 20.1 Å². The summed E-state index contributed by atoms with van der Waals surface area (Å²) in [4.78, 5) is 31.8. The Bertz CT molecular complexity index is 751. The number of aromatic nitrogens is 6. The Morgan fingerprint density at radius 3 is 2.84 bits per heavy atom. The number of rotatable bonds is 3. The van der Waals surface area contributed by atoms with E-state index in [-0.39, 0.29) is 5.65 Å². The third kappa shape index (κ3) is 2.12. The van der Waals surface area contributed by atoms with Crippen LogP contribution < -0.4 is 0 Å². The molecule has 10 heteroatoms. The van der Waals surface area contributed by atoms with Crippen molar-refractivity contribution >= 4 is 28.9 Å². The van der Waals surface area contributed by atoms with Gasteiger partial charge in [0.25, 0.3) is 5.65 Å². The maximum Gasteiger partial charge on any atom is 0.471 e. The smallest absolute Gasteiger partial charge is 0.390 e. The van der Waals surface area contributed by atoms with E-state index >= 15 is 0 Å². The Morgan fingerprint density at radius 1 is 1.32 bits per heavy atom. The number of aryl methyl sites for hydroxylation is 1. The topological polar surface area (TPSA) is 126 Å². The van der Waals surface area contributed by atoms with Crippen LogP contribution >= 0.6 is 11.8 Å². The van der Waals surface area contributed by atoms with Crippen molar-refractivity contribution in [1.82, 2.24) is 29.9 Å². The van der Waals surface area contributed by atoms with Crippen LogP contribution in [0.15, 0.2) is 22.7 Å². The molecule has 0 fully saturated rings. The zero-order chi connectivity index (χ0) is 13.4. The van der Waals surface area contributed by atoms with Crippen molar-refractivity contribution in [3.05, 3.63) is 28.2 Å². The van der Waals surface area contributed by atoms with E-state index < -0.39 is 10.9 Å². The summed E-state index contributed by atoms with van der Waals surface area (Å²) in [5.74, 6) is -0.453. The first-order chi connectivity index (χ1) is 9.13. The molecule has 0 aliphatic heterocycles. The molecule has 9 nitrogen and oxygen atoms in total. The van der Waals surface area contributed by atoms with Crippen LogP contribution in [0.5, 0.6) is 0 Å². The molecule has 3 rings (SSSR count). The monoisotopic (exact) mass is 277 g/mol. The average molecular weight is 277 g/mol. The van der Waals surface area contributed by atoms with Gasteiger partial charge >= 0.3 is 5.95 Å². The molecule has 0 radical (unpaired) electrons. The van der Waals surface area contributed by atoms with Gasteiger partial charge in [-0.1, -0.05) is 4.98 Å². The maximum atomic E-state index is 10.7. The first-order valence-corrected chi connectivity index (χ1v) is 6.01. The van der Waals surface area contributed by atoms with Gasteiger partial charge in [-0.15, -0.1) is 0 Å². The summed E-state index contributed by atoms with van der Waals surface area (Å²) >= 11 is 1.27. The molecule has 96 valence electrons. The maximum absolute atomic E-state index is 10.7. The van der Waals surface area contributed by atoms with Crippen LogP contribution in [0.1, 0.15) is 5.69 Å². The highest BCUT2D eigenvalue weighted by atomic mass is 32.2. The minimum Gasteiger partial charge on any atom is -0.390 e. The van der Waals surface area contributed by atoms with E-state index in [1.165, 1.54) is 11.8 Å². The fraction of sp³-hybridized carbons (Fsp3) is 0.111. The molecule has 0 atom stereocenters. The minimum atomic E-state index is -0.638. The summed E-state index contributed by atoms with van der Waals surface area (Å²) in [5, 5.41) is 11.9. The van der Waals surface area contributed by atoms with Crippen molar-refractivity contribution in [3.63, 3.8) is 0 Å². The second-order valence-electron chi connectivity index (χ2n) is 3.60. The lowest BCUT2D eigenvalue weighted by Gasteiger charge is -1.92. The quantitative estimate of drug-likeness (QED) is 0.547. The van der Waals surface area contributed by atoms with E-state index in [1.54, 1.807) is 19.3 Å². The van der Waals surface area contributed by atoms with Crippen molar-refractivity contribution in [1.29, 1.82) is 0 Å². The van der Waals surface area contributed by atoms with E-state index in [0.29, 0.717) is 21.5 Å². The van der Waals surface area contributed by atoms with E-state index in [2.05, 4.69) is 29.9 Å². The number of nitro groups is 1. The standard InChI is InChI=1S/C9H7N7O2S/c1-4-5-6(14-7(12-4)16(17)18)15-9(13-5)19-8-10-2-3-11-8/h2-3H,1H3,(H,10,11)(H,12,13,14,15). The Labute approximate surface area is 110 Å². The Kier molecular flexibility index (Phi) is 2.63. The van der Waals surface area contributed by atoms with Gasteiger partial charge in [-0.2, -0.15) is 4.98 Å². The molecular formula is C9H7N7O2S. The van der Waals surface area contributed by atoms with Crippen LogP contribution in [-0.2, 0) is 0 Å². The van der Waals surface area contributed by atoms with Crippen molar-refractivity contribution in [2.24, 2.45) is 0 Å². The van der Waals surface area contributed by atoms with Crippen molar-refractivity contribution in [2.45, 2.75) is 17.2 Å². The van der Waals surface area contributed by atoms with Gasteiger partial charge in [0.15, 0.2) is 10.3 Å². The van der Waals surface area contributed by atoms with Gasteiger partial charge in [0.2, 0.25) is 0 Å². The molecule has 0 spiro atoms. The molecular weight excluding hydrogens is 270 g/mol. The number of fused-ring (bicyclic) bond motifs is 1. The normalized spacial score (nSPS) is 11.0. The summed E-state index contributed by atoms with van der Waals surface area (Å²) in [6.07, 6.45) is 3.32. The number of nitrogens with one attached hydrogen (secondary N) is 2. The van der Waals surface area contributed by atoms with Crippen LogP contribution in [0.25, 0.3) is 11.2 Å². The molecule has 0 amide bonds. The van der Waals surface area contributed by atoms with Gasteiger partial charge in [0.1, 0.15) is 11.2 Å². The first-order valence-electron chi connectivity index (χ1n) is 5.19. The summed E-state index contributed by atoms with van der Waals surface area (Å²) in [6.45, 7) is 1.66. The molecule has 0 aliphatic carbocycles. The first kappa shape index (κ1) is 11.6. The van der Waals surface area contributed by atoms with Gasteiger partial charge in [0, 0.05) is 12.4 Å². The highest BCUT2D eigenvalue weighted by Gasteiger charge is 2.19. The molecule has 3 heterocycles. The lowest BCUT2D eigenvalue weighted by Crippen LogP contribution is -1.98. The number of nitrogens with zero attached hydrogens (tertiary/aromatic N) is 5. The zero-order valence-corrected chi connectivity index (χ0v) is 10.4. The molecule has 3 aromatic rings. The van der Waals surface area contributed by atoms with Gasteiger partial charge in [0.05, 0.1) is 0 Å². The Balaban J connectivity index is 2.05. The highest BCUT2D eigenvalue weighted by Crippen LogP contribution is 2.25. The SMILES string of the molecule is Cc1nc([N+](=O)[O-])nc2nc(Sc3ncc[nH]3)[nH]c12. The summed E-state index contributed by atoms with van der Waals surface area (Å²) < 4.78 is 0. The third-order valence-electron chi connectivity index (χ3n) is 2.33. The summed E-state index contributed by atoms with van der Waals surface area (Å²) in [6, 6.07) is 0. The van der Waals surface area contributed by atoms with Gasteiger partial charge in [-0.3, -0.25) is 0 Å². The predicted molar refractivity (Wildman–Crippen MR) is 65.8 cm³/mol. The lowest BCUT2D eigenvalue weighted by atomic mass is 10.4. The van der Waals surface area contributed by atoms with Crippen LogP contribution in [0.3, 0.4) is 0 Å². The summed E-state index contributed by atoms with van der Waals surface area (Å²) in [7, 11) is 0. The highest BCUT2D eigenvalue weighted by molar-refractivity contribution is 7.99. The van der Waals surface area contributed by atoms with Crippen LogP contribution in [0.4, 0.5) is 5.95 Å². The lowest BCUT2D eigenvalue weighted by molar-refractivity contribution is -0.394. The molecule has 2 N–H and O–H groups in total. The second-order valence-corrected chi connectivity index (χ2v) is 4.58. The zero-order valence-electron chi connectivity index (χ0n) is 9.62. The van der Waals surface area contributed by atoms with E-state index in [1.807, 2.05) is 0 Å². The average Bonchev–Trinajstić information content (AvgIpc) is 2.98. The third-order valence-corrected chi connectivity index (χ3v) is 3.13. The molecule has 19 heavy (non-hydrogen) atoms. The molecule has 0 saturated heterocycles. The van der Waals surface area contributed by atoms with E-state index in [4.69, 9.17) is 0 Å². The molecule has 0 bridgehead atoms. The van der Waals surface area contributed by atoms with Gasteiger partial charge in [-0.25, -0.2) is 4.98 Å². The van der Waals surface area contributed by atoms with Crippen LogP contribution in [0.2, 0.25) is 0 Å². The number of imidazole rings is 2. The van der Waals surface area contributed by atoms with Crippen molar-refractivity contribution < 1.29 is 4.92 Å². The number of H-pyrrole nitrogens is 2. The largest absolute Gasteiger partial charge is 0.471 e. The Morgan fingerprint density at radius 2 is 2.16 bits per heavy atom. The van der Waals surface area contributed by atoms with Crippen molar-refractivity contribution in [2.75, 3.05) is 0 Å². The van der Waals surface area contributed by atoms with Gasteiger partial charge in [-0.05, 0) is 28.6 Å². The van der Waals surface area contributed by atoms with Crippen LogP contribution in [-0.4, -0.2) is 34.8 Å². The van der Waals surface area contributed by atoms with E-state index in [9.17, 15) is 10.1 Å². The number of aromatic amines is 2. The molecule has 0 aliphatic rings. The minimum absolute atomic E-state index is 0.272. The fourth-order valence-electron chi connectivity index (χ4n) is 1.53. The summed E-state index contributed by atoms with van der Waals surface area (Å²) in [5.41, 5.74) is 1.34. The molecule has 0 saturated carbocycles.